The number of nitrogens with two attached hydrogens (primary N) is 1. The van der Waals surface area contributed by atoms with Gasteiger partial charge in [0, 0.05) is 12.8 Å². The highest BCUT2D eigenvalue weighted by atomic mass is 31.2. The Labute approximate surface area is 344 Å². The molecule has 1 fully saturated rings. The van der Waals surface area contributed by atoms with E-state index >= 15 is 0 Å². The van der Waals surface area contributed by atoms with Crippen LogP contribution in [-0.2, 0) is 42.2 Å². The highest BCUT2D eigenvalue weighted by Gasteiger charge is 2.36. The molecule has 0 bridgehead atoms. The van der Waals surface area contributed by atoms with Crippen LogP contribution in [0.15, 0.2) is 36.5 Å². The van der Waals surface area contributed by atoms with Gasteiger partial charge in [0.25, 0.3) is 0 Å². The number of phosphoric acid groups is 1. The maximum Gasteiger partial charge on any atom is 0.472 e. The highest BCUT2D eigenvalue weighted by molar-refractivity contribution is 7.47. The molecule has 0 spiro atoms. The number of carbonyl (C=O) groups is 3. The van der Waals surface area contributed by atoms with E-state index in [-0.39, 0.29) is 19.4 Å². The third kappa shape index (κ3) is 33.2. The Balaban J connectivity index is 2.32. The van der Waals surface area contributed by atoms with Crippen LogP contribution >= 0.6 is 7.82 Å². The van der Waals surface area contributed by atoms with E-state index in [9.17, 15) is 23.8 Å². The molecule has 13 heteroatoms. The first-order valence-corrected chi connectivity index (χ1v) is 23.6. The zero-order valence-electron chi connectivity index (χ0n) is 35.4. The number of hydrogen-bond acceptors (Lipinski definition) is 10. The average Bonchev–Trinajstić information content (AvgIpc) is 3.94. The summed E-state index contributed by atoms with van der Waals surface area (Å²) in [5.41, 5.74) is 5.33. The van der Waals surface area contributed by atoms with Crippen molar-refractivity contribution in [2.75, 3.05) is 19.8 Å². The summed E-state index contributed by atoms with van der Waals surface area (Å²) >= 11 is 0. The summed E-state index contributed by atoms with van der Waals surface area (Å²) in [5, 5.41) is 8.89. The fourth-order valence-corrected chi connectivity index (χ4v) is 6.94. The standard InChI is InChI=1S/C44H78NO11P/c1-3-5-7-9-11-12-13-14-15-16-17-18-21-25-29-33-42(46)52-35-38(36-53-57(50,51)54-37-39(45)44(48)49)55-43(47)34-30-26-22-19-20-24-28-32-41-40(56-41)31-27-23-10-8-6-4-2/h19,22-24,27-28,38-41H,3-18,20-21,25-26,29-37,45H2,1-2H3,(H,48,49)(H,50,51). The zero-order chi connectivity index (χ0) is 41.8. The third-order valence-corrected chi connectivity index (χ3v) is 10.7. The summed E-state index contributed by atoms with van der Waals surface area (Å²) in [6.45, 7) is 2.71. The predicted molar refractivity (Wildman–Crippen MR) is 226 cm³/mol. The predicted octanol–water partition coefficient (Wildman–Crippen LogP) is 10.6. The summed E-state index contributed by atoms with van der Waals surface area (Å²) in [5.74, 6) is -2.45. The highest BCUT2D eigenvalue weighted by Crippen LogP contribution is 2.43. The number of carboxylic acids is 1. The lowest BCUT2D eigenvalue weighted by Crippen LogP contribution is -2.34. The molecule has 330 valence electrons. The lowest BCUT2D eigenvalue weighted by molar-refractivity contribution is -0.161. The molecule has 0 aliphatic carbocycles. The van der Waals surface area contributed by atoms with E-state index in [0.29, 0.717) is 31.5 Å². The molecular weight excluding hydrogens is 749 g/mol. The van der Waals surface area contributed by atoms with Crippen LogP contribution in [0.5, 0.6) is 0 Å². The van der Waals surface area contributed by atoms with Crippen molar-refractivity contribution in [1.29, 1.82) is 0 Å². The summed E-state index contributed by atoms with van der Waals surface area (Å²) in [6, 6.07) is -1.53. The number of ether oxygens (including phenoxy) is 3. The number of hydrogen-bond donors (Lipinski definition) is 3. The minimum absolute atomic E-state index is 0.0813. The summed E-state index contributed by atoms with van der Waals surface area (Å²) in [4.78, 5) is 46.0. The molecule has 1 heterocycles. The molecule has 0 aromatic heterocycles. The first-order valence-electron chi connectivity index (χ1n) is 22.1. The molecule has 0 radical (unpaired) electrons. The summed E-state index contributed by atoms with van der Waals surface area (Å²) in [7, 11) is -4.73. The second-order valence-electron chi connectivity index (χ2n) is 15.2. The molecule has 0 saturated carbocycles. The van der Waals surface area contributed by atoms with Gasteiger partial charge in [0.1, 0.15) is 12.6 Å². The van der Waals surface area contributed by atoms with Gasteiger partial charge in [-0.15, -0.1) is 0 Å². The van der Waals surface area contributed by atoms with Crippen LogP contribution in [0.2, 0.25) is 0 Å². The quantitative estimate of drug-likeness (QED) is 0.0175. The second kappa shape index (κ2) is 35.6. The van der Waals surface area contributed by atoms with Crippen LogP contribution in [0.3, 0.4) is 0 Å². The van der Waals surface area contributed by atoms with Gasteiger partial charge in [-0.2, -0.15) is 0 Å². The van der Waals surface area contributed by atoms with Crippen LogP contribution in [0.25, 0.3) is 0 Å². The van der Waals surface area contributed by atoms with Crippen molar-refractivity contribution in [2.24, 2.45) is 5.73 Å². The smallest absolute Gasteiger partial charge is 0.472 e. The monoisotopic (exact) mass is 828 g/mol. The zero-order valence-corrected chi connectivity index (χ0v) is 36.3. The van der Waals surface area contributed by atoms with Gasteiger partial charge < -0.3 is 29.9 Å². The van der Waals surface area contributed by atoms with Crippen molar-refractivity contribution < 1.29 is 52.2 Å². The molecule has 0 aromatic carbocycles. The molecule has 5 unspecified atom stereocenters. The molecule has 1 rings (SSSR count). The minimum atomic E-state index is -4.73. The second-order valence-corrected chi connectivity index (χ2v) is 16.7. The van der Waals surface area contributed by atoms with E-state index in [4.69, 9.17) is 29.6 Å². The van der Waals surface area contributed by atoms with Gasteiger partial charge in [0.15, 0.2) is 6.10 Å². The van der Waals surface area contributed by atoms with Gasteiger partial charge in [-0.3, -0.25) is 23.4 Å². The van der Waals surface area contributed by atoms with Crippen molar-refractivity contribution in [2.45, 2.75) is 205 Å². The Bertz CT molecular complexity index is 1180. The Hall–Kier alpha value is -2.34. The molecular formula is C44H78NO11P. The number of unbranched alkanes of at least 4 members (excludes halogenated alkanes) is 18. The van der Waals surface area contributed by atoms with Gasteiger partial charge in [-0.25, -0.2) is 4.57 Å². The number of carboxylic acid groups (broad SMARTS) is 1. The molecule has 1 saturated heterocycles. The van der Waals surface area contributed by atoms with E-state index < -0.39 is 51.1 Å². The fourth-order valence-electron chi connectivity index (χ4n) is 6.16. The maximum atomic E-state index is 12.6. The van der Waals surface area contributed by atoms with Gasteiger partial charge in [-0.1, -0.05) is 153 Å². The van der Waals surface area contributed by atoms with Crippen molar-refractivity contribution in [3.05, 3.63) is 36.5 Å². The van der Waals surface area contributed by atoms with Crippen LogP contribution in [0.4, 0.5) is 0 Å². The number of esters is 2. The lowest BCUT2D eigenvalue weighted by atomic mass is 10.0. The molecule has 57 heavy (non-hydrogen) atoms. The largest absolute Gasteiger partial charge is 0.480 e. The van der Waals surface area contributed by atoms with Crippen LogP contribution < -0.4 is 5.73 Å². The van der Waals surface area contributed by atoms with E-state index in [1.54, 1.807) is 0 Å². The third-order valence-electron chi connectivity index (χ3n) is 9.79. The normalized spacial score (nSPS) is 17.6. The van der Waals surface area contributed by atoms with Gasteiger partial charge in [0.05, 0.1) is 25.4 Å². The van der Waals surface area contributed by atoms with Crippen LogP contribution in [0.1, 0.15) is 181 Å². The minimum Gasteiger partial charge on any atom is -0.480 e. The average molecular weight is 828 g/mol. The van der Waals surface area contributed by atoms with E-state index in [1.807, 2.05) is 12.2 Å². The maximum absolute atomic E-state index is 12.6. The topological polar surface area (TPSA) is 184 Å². The van der Waals surface area contributed by atoms with Crippen molar-refractivity contribution in [3.8, 4) is 0 Å². The Kier molecular flexibility index (Phi) is 32.9. The summed E-state index contributed by atoms with van der Waals surface area (Å²) in [6.07, 6.45) is 39.6. The Morgan fingerprint density at radius 2 is 1.11 bits per heavy atom. The van der Waals surface area contributed by atoms with Gasteiger partial charge >= 0.3 is 25.7 Å². The SMILES string of the molecule is CCCCCC=CCC1OC1CC=CCC=CCCCC(=O)OC(COC(=O)CCCCCCCCCCCCCCCCC)COP(=O)(O)OCC(N)C(=O)O. The number of epoxide rings is 1. The number of rotatable bonds is 40. The Morgan fingerprint density at radius 3 is 1.70 bits per heavy atom. The number of carbonyl (C=O) groups excluding carboxylic acids is 2. The molecule has 4 N–H and O–H groups in total. The first-order chi connectivity index (χ1) is 27.6. The van der Waals surface area contributed by atoms with Gasteiger partial charge in [-0.05, 0) is 51.4 Å². The molecule has 0 aromatic rings. The fraction of sp³-hybridized carbons (Fsp3) is 0.795. The summed E-state index contributed by atoms with van der Waals surface area (Å²) < 4.78 is 38.4. The first kappa shape index (κ1) is 52.7. The van der Waals surface area contributed by atoms with Gasteiger partial charge in [0.2, 0.25) is 0 Å². The van der Waals surface area contributed by atoms with E-state index in [2.05, 4.69) is 42.7 Å². The van der Waals surface area contributed by atoms with E-state index in [1.165, 1.54) is 89.9 Å². The lowest BCUT2D eigenvalue weighted by Gasteiger charge is -2.20. The number of phosphoric ester groups is 1. The molecule has 0 amide bonds. The van der Waals surface area contributed by atoms with Crippen LogP contribution in [-0.4, -0.2) is 72.1 Å². The van der Waals surface area contributed by atoms with Crippen LogP contribution in [0, 0.1) is 0 Å². The van der Waals surface area contributed by atoms with E-state index in [0.717, 1.165) is 44.9 Å². The van der Waals surface area contributed by atoms with Crippen molar-refractivity contribution in [1.82, 2.24) is 0 Å². The number of aliphatic carboxylic acids is 1. The van der Waals surface area contributed by atoms with Crippen molar-refractivity contribution >= 4 is 25.7 Å². The Morgan fingerprint density at radius 1 is 0.632 bits per heavy atom. The molecule has 12 nitrogen and oxygen atoms in total. The molecule has 1 aliphatic rings. The van der Waals surface area contributed by atoms with Crippen molar-refractivity contribution in [3.63, 3.8) is 0 Å². The molecule has 5 atom stereocenters. The number of allylic oxidation sites excluding steroid dienone is 4. The molecule has 1 aliphatic heterocycles.